The standard InChI is InChI=1S/C22H31NO3Si/c1-6-18-8-12-20(13-9-18)22(21-14-10-19(7-2)11-15-21)23-16-17-26-27(5,24-3)25-4/h8-15H,6-7,16-17H2,1-5H3. The molecule has 0 spiro atoms. The third-order valence-electron chi connectivity index (χ3n) is 4.74. The van der Waals surface area contributed by atoms with Crippen LogP contribution in [0, 0.1) is 0 Å². The van der Waals surface area contributed by atoms with Crippen LogP contribution in [0.25, 0.3) is 0 Å². The zero-order valence-electron chi connectivity index (χ0n) is 17.1. The van der Waals surface area contributed by atoms with Crippen molar-refractivity contribution in [2.75, 3.05) is 27.4 Å². The molecule has 146 valence electrons. The minimum atomic E-state index is -2.52. The Labute approximate surface area is 164 Å². The monoisotopic (exact) mass is 385 g/mol. The molecule has 4 nitrogen and oxygen atoms in total. The lowest BCUT2D eigenvalue weighted by Crippen LogP contribution is -2.40. The van der Waals surface area contributed by atoms with Crippen LogP contribution in [0.5, 0.6) is 0 Å². The van der Waals surface area contributed by atoms with Crippen LogP contribution < -0.4 is 0 Å². The highest BCUT2D eigenvalue weighted by Crippen LogP contribution is 2.15. The Kier molecular flexibility index (Phi) is 8.38. The Bertz CT molecular complexity index is 673. The van der Waals surface area contributed by atoms with Crippen molar-refractivity contribution < 1.29 is 13.3 Å². The fourth-order valence-corrected chi connectivity index (χ4v) is 3.60. The summed E-state index contributed by atoms with van der Waals surface area (Å²) in [5.74, 6) is 0. The molecule has 0 aliphatic heterocycles. The molecular weight excluding hydrogens is 354 g/mol. The number of hydrogen-bond donors (Lipinski definition) is 0. The fraction of sp³-hybridized carbons (Fsp3) is 0.409. The van der Waals surface area contributed by atoms with E-state index in [4.69, 9.17) is 18.3 Å². The highest BCUT2D eigenvalue weighted by molar-refractivity contribution is 6.59. The highest BCUT2D eigenvalue weighted by Gasteiger charge is 2.31. The lowest BCUT2D eigenvalue weighted by molar-refractivity contribution is 0.109. The molecule has 0 amide bonds. The van der Waals surface area contributed by atoms with Crippen LogP contribution in [0.15, 0.2) is 53.5 Å². The molecule has 0 unspecified atom stereocenters. The van der Waals surface area contributed by atoms with Gasteiger partial charge in [-0.25, -0.2) is 0 Å². The number of nitrogens with zero attached hydrogens (tertiary/aromatic N) is 1. The molecule has 0 heterocycles. The van der Waals surface area contributed by atoms with Crippen molar-refractivity contribution in [2.24, 2.45) is 4.99 Å². The smallest absolute Gasteiger partial charge is 0.377 e. The van der Waals surface area contributed by atoms with Gasteiger partial charge in [-0.3, -0.25) is 4.99 Å². The van der Waals surface area contributed by atoms with Crippen LogP contribution in [0.3, 0.4) is 0 Å². The van der Waals surface area contributed by atoms with E-state index in [1.807, 2.05) is 6.55 Å². The van der Waals surface area contributed by atoms with E-state index in [2.05, 4.69) is 62.4 Å². The van der Waals surface area contributed by atoms with Crippen molar-refractivity contribution in [3.8, 4) is 0 Å². The van der Waals surface area contributed by atoms with E-state index in [9.17, 15) is 0 Å². The maximum atomic E-state index is 5.81. The van der Waals surface area contributed by atoms with Gasteiger partial charge in [-0.1, -0.05) is 62.4 Å². The Morgan fingerprint density at radius 1 is 0.815 bits per heavy atom. The van der Waals surface area contributed by atoms with E-state index in [0.717, 1.165) is 29.7 Å². The Morgan fingerprint density at radius 2 is 1.26 bits per heavy atom. The summed E-state index contributed by atoms with van der Waals surface area (Å²) in [6.07, 6.45) is 2.06. The van der Waals surface area contributed by atoms with Crippen LogP contribution in [0.1, 0.15) is 36.1 Å². The summed E-state index contributed by atoms with van der Waals surface area (Å²) in [4.78, 5) is 4.85. The van der Waals surface area contributed by atoms with Crippen molar-refractivity contribution in [3.05, 3.63) is 70.8 Å². The van der Waals surface area contributed by atoms with E-state index < -0.39 is 8.80 Å². The molecule has 0 N–H and O–H groups in total. The highest BCUT2D eigenvalue weighted by atomic mass is 28.4. The van der Waals surface area contributed by atoms with Gasteiger partial charge in [-0.05, 0) is 24.0 Å². The molecule has 0 aliphatic carbocycles. The van der Waals surface area contributed by atoms with Gasteiger partial charge in [0.1, 0.15) is 0 Å². The maximum absolute atomic E-state index is 5.81. The first-order valence-corrected chi connectivity index (χ1v) is 11.7. The number of aryl methyl sites for hydroxylation is 2. The Balaban J connectivity index is 2.22. The van der Waals surface area contributed by atoms with E-state index >= 15 is 0 Å². The van der Waals surface area contributed by atoms with Gasteiger partial charge in [0.15, 0.2) is 0 Å². The van der Waals surface area contributed by atoms with Gasteiger partial charge in [0, 0.05) is 31.9 Å². The van der Waals surface area contributed by atoms with Gasteiger partial charge in [0.05, 0.1) is 18.9 Å². The molecule has 0 radical (unpaired) electrons. The molecule has 0 bridgehead atoms. The van der Waals surface area contributed by atoms with Gasteiger partial charge in [-0.2, -0.15) is 0 Å². The second-order valence-electron chi connectivity index (χ2n) is 6.45. The number of rotatable bonds is 10. The van der Waals surface area contributed by atoms with Gasteiger partial charge in [0.25, 0.3) is 0 Å². The molecule has 2 rings (SSSR count). The Hall–Kier alpha value is -1.79. The molecule has 27 heavy (non-hydrogen) atoms. The summed E-state index contributed by atoms with van der Waals surface area (Å²) in [5.41, 5.74) is 5.88. The number of benzene rings is 2. The average molecular weight is 386 g/mol. The molecule has 0 saturated heterocycles. The van der Waals surface area contributed by atoms with Gasteiger partial charge in [-0.15, -0.1) is 0 Å². The largest absolute Gasteiger partial charge is 0.497 e. The molecule has 0 fully saturated rings. The van der Waals surface area contributed by atoms with Crippen molar-refractivity contribution in [1.29, 1.82) is 0 Å². The van der Waals surface area contributed by atoms with Crippen LogP contribution >= 0.6 is 0 Å². The van der Waals surface area contributed by atoms with Gasteiger partial charge >= 0.3 is 8.80 Å². The predicted molar refractivity (Wildman–Crippen MR) is 114 cm³/mol. The molecule has 0 aromatic heterocycles. The minimum Gasteiger partial charge on any atom is -0.377 e. The van der Waals surface area contributed by atoms with E-state index in [1.165, 1.54) is 11.1 Å². The first-order chi connectivity index (χ1) is 13.0. The summed E-state index contributed by atoms with van der Waals surface area (Å²) in [5, 5.41) is 0. The molecule has 2 aromatic rings. The number of aliphatic imine (C=N–C) groups is 1. The molecule has 0 aliphatic rings. The van der Waals surface area contributed by atoms with Crippen LogP contribution in [-0.2, 0) is 26.1 Å². The normalized spacial score (nSPS) is 11.4. The zero-order valence-corrected chi connectivity index (χ0v) is 18.1. The zero-order chi connectivity index (χ0) is 19.7. The predicted octanol–water partition coefficient (Wildman–Crippen LogP) is 4.53. The van der Waals surface area contributed by atoms with E-state index in [0.29, 0.717) is 13.2 Å². The summed E-state index contributed by atoms with van der Waals surface area (Å²) in [6, 6.07) is 17.3. The summed E-state index contributed by atoms with van der Waals surface area (Å²) in [7, 11) is 0.718. The first kappa shape index (κ1) is 21.5. The maximum Gasteiger partial charge on any atom is 0.497 e. The van der Waals surface area contributed by atoms with Crippen molar-refractivity contribution in [3.63, 3.8) is 0 Å². The van der Waals surface area contributed by atoms with Crippen LogP contribution in [0.4, 0.5) is 0 Å². The van der Waals surface area contributed by atoms with Gasteiger partial charge in [0.2, 0.25) is 0 Å². The van der Waals surface area contributed by atoms with Crippen molar-refractivity contribution in [1.82, 2.24) is 0 Å². The van der Waals surface area contributed by atoms with Gasteiger partial charge < -0.3 is 13.3 Å². The molecule has 2 aromatic carbocycles. The molecule has 0 saturated carbocycles. The SMILES string of the molecule is CCc1ccc(C(=NCCO[Si](C)(OC)OC)c2ccc(CC)cc2)cc1. The summed E-state index contributed by atoms with van der Waals surface area (Å²) in [6.45, 7) is 7.23. The number of hydrogen-bond acceptors (Lipinski definition) is 4. The van der Waals surface area contributed by atoms with E-state index in [-0.39, 0.29) is 0 Å². The third kappa shape index (κ3) is 6.11. The molecule has 0 atom stereocenters. The van der Waals surface area contributed by atoms with Crippen LogP contribution in [0.2, 0.25) is 6.55 Å². The first-order valence-electron chi connectivity index (χ1n) is 9.52. The lowest BCUT2D eigenvalue weighted by atomic mass is 9.99. The summed E-state index contributed by atoms with van der Waals surface area (Å²) < 4.78 is 16.5. The van der Waals surface area contributed by atoms with E-state index in [1.54, 1.807) is 14.2 Å². The topological polar surface area (TPSA) is 40.0 Å². The minimum absolute atomic E-state index is 0.466. The second kappa shape index (κ2) is 10.5. The lowest BCUT2D eigenvalue weighted by Gasteiger charge is -2.21. The summed E-state index contributed by atoms with van der Waals surface area (Å²) >= 11 is 0. The average Bonchev–Trinajstić information content (AvgIpc) is 2.74. The molecule has 5 heteroatoms. The quantitative estimate of drug-likeness (QED) is 0.343. The fourth-order valence-electron chi connectivity index (χ4n) is 2.74. The van der Waals surface area contributed by atoms with Crippen molar-refractivity contribution >= 4 is 14.5 Å². The van der Waals surface area contributed by atoms with Crippen molar-refractivity contribution in [2.45, 2.75) is 33.2 Å². The van der Waals surface area contributed by atoms with Crippen LogP contribution in [-0.4, -0.2) is 41.9 Å². The second-order valence-corrected chi connectivity index (χ2v) is 9.28. The Morgan fingerprint density at radius 3 is 1.63 bits per heavy atom. The third-order valence-corrected chi connectivity index (χ3v) is 6.95. The molecular formula is C22H31NO3Si.